The highest BCUT2D eigenvalue weighted by Crippen LogP contribution is 2.33. The van der Waals surface area contributed by atoms with Crippen molar-refractivity contribution in [3.8, 4) is 11.1 Å². The molecular formula is C13H13Cl2N3. The zero-order valence-electron chi connectivity index (χ0n) is 9.87. The van der Waals surface area contributed by atoms with Crippen LogP contribution < -0.4 is 11.3 Å². The van der Waals surface area contributed by atoms with E-state index in [1.807, 2.05) is 18.2 Å². The average molecular weight is 282 g/mol. The molecule has 18 heavy (non-hydrogen) atoms. The summed E-state index contributed by atoms with van der Waals surface area (Å²) in [4.78, 5) is 4.22. The van der Waals surface area contributed by atoms with E-state index in [2.05, 4.69) is 17.3 Å². The van der Waals surface area contributed by atoms with Crippen LogP contribution >= 0.6 is 23.2 Å². The minimum absolute atomic E-state index is 0.618. The summed E-state index contributed by atoms with van der Waals surface area (Å²) in [6.07, 6.45) is 2.63. The van der Waals surface area contributed by atoms with Crippen molar-refractivity contribution in [2.45, 2.75) is 13.3 Å². The number of anilines is 1. The average Bonchev–Trinajstić information content (AvgIpc) is 2.38. The first-order chi connectivity index (χ1) is 8.65. The molecule has 0 unspecified atom stereocenters. The van der Waals surface area contributed by atoms with E-state index in [1.165, 1.54) is 0 Å². The molecular weight excluding hydrogens is 269 g/mol. The van der Waals surface area contributed by atoms with Crippen LogP contribution in [0.1, 0.15) is 12.5 Å². The van der Waals surface area contributed by atoms with E-state index in [-0.39, 0.29) is 0 Å². The molecule has 1 aromatic carbocycles. The number of nitrogens with zero attached hydrogens (tertiary/aromatic N) is 1. The molecule has 1 aromatic heterocycles. The molecule has 0 aliphatic rings. The third-order valence-corrected chi connectivity index (χ3v) is 3.29. The number of nitrogens with two attached hydrogens (primary N) is 1. The van der Waals surface area contributed by atoms with Crippen molar-refractivity contribution in [2.75, 3.05) is 5.43 Å². The highest BCUT2D eigenvalue weighted by molar-refractivity contribution is 6.36. The summed E-state index contributed by atoms with van der Waals surface area (Å²) < 4.78 is 0. The van der Waals surface area contributed by atoms with Crippen LogP contribution in [0.3, 0.4) is 0 Å². The van der Waals surface area contributed by atoms with Gasteiger partial charge in [-0.3, -0.25) is 0 Å². The number of benzene rings is 1. The fraction of sp³-hybridized carbons (Fsp3) is 0.154. The summed E-state index contributed by atoms with van der Waals surface area (Å²) in [5, 5.41) is 1.24. The molecule has 2 aromatic rings. The lowest BCUT2D eigenvalue weighted by atomic mass is 10.0. The number of halogens is 2. The second-order valence-corrected chi connectivity index (χ2v) is 4.69. The number of hydrogen-bond donors (Lipinski definition) is 2. The van der Waals surface area contributed by atoms with Crippen LogP contribution in [0, 0.1) is 0 Å². The van der Waals surface area contributed by atoms with Gasteiger partial charge >= 0.3 is 0 Å². The maximum atomic E-state index is 6.21. The Balaban J connectivity index is 2.56. The SMILES string of the molecule is CCc1cc(NN)ncc1-c1ccc(Cl)cc1Cl. The van der Waals surface area contributed by atoms with E-state index >= 15 is 0 Å². The van der Waals surface area contributed by atoms with Gasteiger partial charge < -0.3 is 5.43 Å². The van der Waals surface area contributed by atoms with E-state index < -0.39 is 0 Å². The number of nitrogen functional groups attached to an aromatic ring is 1. The van der Waals surface area contributed by atoms with Crippen LogP contribution in [-0.4, -0.2) is 4.98 Å². The van der Waals surface area contributed by atoms with Crippen LogP contribution in [0.5, 0.6) is 0 Å². The molecule has 3 nitrogen and oxygen atoms in total. The number of hydrazine groups is 1. The van der Waals surface area contributed by atoms with E-state index in [9.17, 15) is 0 Å². The predicted octanol–water partition coefficient (Wildman–Crippen LogP) is 3.90. The minimum Gasteiger partial charge on any atom is -0.308 e. The molecule has 3 N–H and O–H groups in total. The van der Waals surface area contributed by atoms with Gasteiger partial charge in [0.2, 0.25) is 0 Å². The lowest BCUT2D eigenvalue weighted by molar-refractivity contribution is 1.11. The molecule has 0 radical (unpaired) electrons. The van der Waals surface area contributed by atoms with Crippen molar-refractivity contribution in [1.82, 2.24) is 4.98 Å². The molecule has 0 atom stereocenters. The third kappa shape index (κ3) is 2.58. The first-order valence-corrected chi connectivity index (χ1v) is 6.32. The molecule has 0 saturated carbocycles. The first-order valence-electron chi connectivity index (χ1n) is 5.56. The minimum atomic E-state index is 0.618. The summed E-state index contributed by atoms with van der Waals surface area (Å²) in [7, 11) is 0. The third-order valence-electron chi connectivity index (χ3n) is 2.74. The van der Waals surface area contributed by atoms with Crippen molar-refractivity contribution in [1.29, 1.82) is 0 Å². The van der Waals surface area contributed by atoms with Crippen LogP contribution in [-0.2, 0) is 6.42 Å². The van der Waals surface area contributed by atoms with Gasteiger partial charge in [0.1, 0.15) is 5.82 Å². The van der Waals surface area contributed by atoms with Gasteiger partial charge in [0.25, 0.3) is 0 Å². The van der Waals surface area contributed by atoms with Crippen molar-refractivity contribution < 1.29 is 0 Å². The Bertz CT molecular complexity index is 570. The molecule has 5 heteroatoms. The largest absolute Gasteiger partial charge is 0.308 e. The van der Waals surface area contributed by atoms with E-state index in [0.717, 1.165) is 23.1 Å². The zero-order valence-corrected chi connectivity index (χ0v) is 11.4. The molecule has 0 spiro atoms. The highest BCUT2D eigenvalue weighted by Gasteiger charge is 2.09. The predicted molar refractivity (Wildman–Crippen MR) is 76.9 cm³/mol. The van der Waals surface area contributed by atoms with Gasteiger partial charge in [-0.1, -0.05) is 36.2 Å². The van der Waals surface area contributed by atoms with Crippen molar-refractivity contribution in [3.05, 3.63) is 46.1 Å². The van der Waals surface area contributed by atoms with Gasteiger partial charge in [-0.05, 0) is 30.2 Å². The molecule has 0 aliphatic carbocycles. The van der Waals surface area contributed by atoms with Crippen molar-refractivity contribution >= 4 is 29.0 Å². The van der Waals surface area contributed by atoms with Crippen LogP contribution in [0.2, 0.25) is 10.0 Å². The Labute approximate surface area is 116 Å². The monoisotopic (exact) mass is 281 g/mol. The number of rotatable bonds is 3. The van der Waals surface area contributed by atoms with Gasteiger partial charge in [-0.2, -0.15) is 0 Å². The van der Waals surface area contributed by atoms with Crippen molar-refractivity contribution in [2.24, 2.45) is 5.84 Å². The number of pyridine rings is 1. The molecule has 0 saturated heterocycles. The summed E-state index contributed by atoms with van der Waals surface area (Å²) >= 11 is 12.1. The van der Waals surface area contributed by atoms with Gasteiger partial charge in [-0.25, -0.2) is 10.8 Å². The standard InChI is InChI=1S/C13H13Cl2N3/c1-2-8-5-13(18-16)17-7-11(8)10-4-3-9(14)6-12(10)15/h3-7H,2,16H2,1H3,(H,17,18). The number of aryl methyl sites for hydroxylation is 1. The number of nitrogens with one attached hydrogen (secondary N) is 1. The Hall–Kier alpha value is -1.29. The molecule has 94 valence electrons. The first kappa shape index (κ1) is 13.1. The van der Waals surface area contributed by atoms with Gasteiger partial charge in [0.15, 0.2) is 0 Å². The maximum absolute atomic E-state index is 6.21. The molecule has 1 heterocycles. The maximum Gasteiger partial charge on any atom is 0.140 e. The summed E-state index contributed by atoms with van der Waals surface area (Å²) in [6, 6.07) is 7.36. The van der Waals surface area contributed by atoms with E-state index in [4.69, 9.17) is 29.0 Å². The van der Waals surface area contributed by atoms with Crippen molar-refractivity contribution in [3.63, 3.8) is 0 Å². The second kappa shape index (κ2) is 5.57. The lowest BCUT2D eigenvalue weighted by Gasteiger charge is -2.11. The zero-order chi connectivity index (χ0) is 13.1. The fourth-order valence-electron chi connectivity index (χ4n) is 1.82. The number of aromatic nitrogens is 1. The summed E-state index contributed by atoms with van der Waals surface area (Å²) in [5.74, 6) is 6.00. The molecule has 0 aliphatic heterocycles. The van der Waals surface area contributed by atoms with Gasteiger partial charge in [0.05, 0.1) is 0 Å². The molecule has 0 amide bonds. The van der Waals surface area contributed by atoms with Crippen LogP contribution in [0.25, 0.3) is 11.1 Å². The van der Waals surface area contributed by atoms with Crippen LogP contribution in [0.15, 0.2) is 30.5 Å². The highest BCUT2D eigenvalue weighted by atomic mass is 35.5. The van der Waals surface area contributed by atoms with E-state index in [1.54, 1.807) is 12.3 Å². The topological polar surface area (TPSA) is 50.9 Å². The van der Waals surface area contributed by atoms with Crippen LogP contribution in [0.4, 0.5) is 5.82 Å². The van der Waals surface area contributed by atoms with E-state index in [0.29, 0.717) is 15.9 Å². The summed E-state index contributed by atoms with van der Waals surface area (Å²) in [5.41, 5.74) is 5.59. The summed E-state index contributed by atoms with van der Waals surface area (Å²) in [6.45, 7) is 2.07. The quantitative estimate of drug-likeness (QED) is 0.663. The fourth-order valence-corrected chi connectivity index (χ4v) is 2.33. The lowest BCUT2D eigenvalue weighted by Crippen LogP contribution is -2.09. The Morgan fingerprint density at radius 2 is 2.00 bits per heavy atom. The molecule has 2 rings (SSSR count). The Morgan fingerprint density at radius 1 is 1.22 bits per heavy atom. The normalized spacial score (nSPS) is 10.4. The Morgan fingerprint density at radius 3 is 2.61 bits per heavy atom. The molecule has 0 bridgehead atoms. The van der Waals surface area contributed by atoms with Gasteiger partial charge in [-0.15, -0.1) is 0 Å². The van der Waals surface area contributed by atoms with Gasteiger partial charge in [0, 0.05) is 27.4 Å². The second-order valence-electron chi connectivity index (χ2n) is 3.85. The smallest absolute Gasteiger partial charge is 0.140 e. The number of hydrogen-bond acceptors (Lipinski definition) is 3. The Kier molecular flexibility index (Phi) is 4.07. The molecule has 0 fully saturated rings.